The molecule has 6 heterocycles. The van der Waals surface area contributed by atoms with E-state index in [-0.39, 0.29) is 74.8 Å². The Balaban J connectivity index is 0.000000333. The molecular formula is C97H134I18N6O12+6. The molecule has 6 saturated heterocycles. The zero-order chi connectivity index (χ0) is 98.3. The van der Waals surface area contributed by atoms with Crippen molar-refractivity contribution >= 4 is 442 Å². The van der Waals surface area contributed by atoms with Crippen molar-refractivity contribution in [2.24, 2.45) is 29.6 Å². The van der Waals surface area contributed by atoms with E-state index < -0.39 is 28.0 Å². The number of rotatable bonds is 18. The molecule has 6 aromatic rings. The van der Waals surface area contributed by atoms with Crippen LogP contribution < -0.4 is 25.8 Å². The van der Waals surface area contributed by atoms with Gasteiger partial charge in [-0.1, -0.05) is 22.3 Å². The van der Waals surface area contributed by atoms with E-state index in [1.54, 1.807) is 0 Å². The lowest BCUT2D eigenvalue weighted by Crippen LogP contribution is -3.07. The Morgan fingerprint density at radius 3 is 0.835 bits per heavy atom. The SMILES string of the molecule is C.C.C.CC(C)(OC(=O)c1cc(I)cc(I)c1I)C1CC[N+](C)(C)CC1.CC(C)(OC(=O)c1cc(I)cc(I)c1I)C1C[NH2+]C1.CC1(C)CC(C(C)(C)OC(=O)c2cc(I)cc(I)c2I)CC(C)(C)[NH2+]1.CC1CC(C(C)(C)OC(=O)c2cc(I)cc(I)c2I)CC(C)[NH2+]1.C[NH+]1CC1C(C)(C)OC(=O)c1cc(I)cc(I)c1I.C[NH+]1CCC(C(C)(C)OC(=O)c2cc(I)cc(I)c2I)C1. The van der Waals surface area contributed by atoms with Crippen LogP contribution in [0.5, 0.6) is 0 Å². The molecule has 6 unspecified atom stereocenters. The molecule has 6 aliphatic heterocycles. The lowest BCUT2D eigenvalue weighted by Gasteiger charge is -2.47. The first-order valence-corrected chi connectivity index (χ1v) is 62.3. The number of nitrogens with two attached hydrogens (primary N) is 3. The molecule has 36 heteroatoms. The van der Waals surface area contributed by atoms with Gasteiger partial charge in [0.15, 0.2) is 11.6 Å². The molecule has 0 aromatic heterocycles. The number of likely N-dealkylation sites (N-methyl/N-ethyl adjacent to an activating group) is 1. The number of quaternary nitrogens is 6. The Morgan fingerprint density at radius 1 is 0.353 bits per heavy atom. The molecule has 0 aliphatic carbocycles. The van der Waals surface area contributed by atoms with Crippen molar-refractivity contribution in [3.05, 3.63) is 170 Å². The zero-order valence-electron chi connectivity index (χ0n) is 77.3. The van der Waals surface area contributed by atoms with Gasteiger partial charge in [-0.25, -0.2) is 28.8 Å². The van der Waals surface area contributed by atoms with Gasteiger partial charge in [0, 0.05) is 127 Å². The van der Waals surface area contributed by atoms with Gasteiger partial charge in [-0.2, -0.15) is 0 Å². The molecule has 8 N–H and O–H groups in total. The lowest BCUT2D eigenvalue weighted by atomic mass is 9.70. The molecule has 6 atom stereocenters. The quantitative estimate of drug-likeness (QED) is 0.0136. The summed E-state index contributed by atoms with van der Waals surface area (Å²) in [5.74, 6) is 0.812. The van der Waals surface area contributed by atoms with E-state index in [1.807, 2.05) is 77.9 Å². The molecular weight excluding hydrogens is 3730 g/mol. The summed E-state index contributed by atoms with van der Waals surface area (Å²) in [6.07, 6.45) is 7.59. The van der Waals surface area contributed by atoms with Crippen LogP contribution in [0.15, 0.2) is 72.8 Å². The fourth-order valence-electron chi connectivity index (χ4n) is 17.4. The maximum Gasteiger partial charge on any atom is 0.340 e. The molecule has 0 amide bonds. The van der Waals surface area contributed by atoms with Gasteiger partial charge in [0.1, 0.15) is 34.6 Å². The summed E-state index contributed by atoms with van der Waals surface area (Å²) in [5.41, 5.74) is 1.81. The second-order valence-electron chi connectivity index (χ2n) is 40.1. The molecule has 0 spiro atoms. The molecule has 6 aliphatic rings. The third-order valence-electron chi connectivity index (χ3n) is 25.0. The number of nitrogens with one attached hydrogen (secondary N) is 2. The number of nitrogens with zero attached hydrogens (tertiary/aromatic N) is 1. The summed E-state index contributed by atoms with van der Waals surface area (Å²) >= 11 is 40.4. The molecule has 6 fully saturated rings. The van der Waals surface area contributed by atoms with Crippen molar-refractivity contribution in [1.29, 1.82) is 0 Å². The number of hydrogen-bond donors (Lipinski definition) is 5. The van der Waals surface area contributed by atoms with E-state index in [2.05, 4.69) is 570 Å². The highest BCUT2D eigenvalue weighted by Crippen LogP contribution is 2.41. The van der Waals surface area contributed by atoms with Crippen molar-refractivity contribution < 1.29 is 87.4 Å². The molecule has 744 valence electrons. The van der Waals surface area contributed by atoms with Crippen molar-refractivity contribution in [3.63, 3.8) is 0 Å². The van der Waals surface area contributed by atoms with Crippen LogP contribution in [-0.4, -0.2) is 177 Å². The van der Waals surface area contributed by atoms with Crippen molar-refractivity contribution in [2.45, 2.75) is 255 Å². The number of benzene rings is 6. The Bertz CT molecular complexity index is 4980. The minimum Gasteiger partial charge on any atom is -0.456 e. The first kappa shape index (κ1) is 130. The Kier molecular flexibility index (Phi) is 54.2. The molecule has 0 bridgehead atoms. The predicted octanol–water partition coefficient (Wildman–Crippen LogP) is 23.9. The van der Waals surface area contributed by atoms with Crippen molar-refractivity contribution in [2.75, 3.05) is 74.0 Å². The number of halogens is 18. The van der Waals surface area contributed by atoms with Gasteiger partial charge in [0.25, 0.3) is 0 Å². The number of piperidine rings is 3. The van der Waals surface area contributed by atoms with E-state index in [4.69, 9.17) is 28.4 Å². The van der Waals surface area contributed by atoms with Gasteiger partial charge in [0.2, 0.25) is 0 Å². The van der Waals surface area contributed by atoms with E-state index in [0.717, 1.165) is 160 Å². The van der Waals surface area contributed by atoms with Crippen LogP contribution in [0, 0.1) is 93.9 Å². The summed E-state index contributed by atoms with van der Waals surface area (Å²) in [4.78, 5) is 78.7. The summed E-state index contributed by atoms with van der Waals surface area (Å²) in [7, 11) is 8.86. The van der Waals surface area contributed by atoms with Gasteiger partial charge in [-0.15, -0.1) is 0 Å². The zero-order valence-corrected chi connectivity index (χ0v) is 116. The number of hydrogen-bond acceptors (Lipinski definition) is 12. The summed E-state index contributed by atoms with van der Waals surface area (Å²) < 4.78 is 55.2. The topological polar surface area (TPSA) is 217 Å². The smallest absolute Gasteiger partial charge is 0.340 e. The fourth-order valence-corrected chi connectivity index (χ4v) is 31.6. The van der Waals surface area contributed by atoms with Gasteiger partial charge >= 0.3 is 35.8 Å². The van der Waals surface area contributed by atoms with E-state index in [9.17, 15) is 28.8 Å². The summed E-state index contributed by atoms with van der Waals surface area (Å²) in [5, 5.41) is 7.11. The van der Waals surface area contributed by atoms with E-state index in [1.165, 1.54) is 9.80 Å². The van der Waals surface area contributed by atoms with Crippen LogP contribution in [0.3, 0.4) is 0 Å². The Morgan fingerprint density at radius 2 is 0.594 bits per heavy atom. The van der Waals surface area contributed by atoms with Gasteiger partial charge in [-0.05, 0) is 604 Å². The first-order chi connectivity index (χ1) is 59.6. The molecule has 0 saturated carbocycles. The van der Waals surface area contributed by atoms with E-state index >= 15 is 0 Å². The molecule has 0 radical (unpaired) electrons. The van der Waals surface area contributed by atoms with Gasteiger partial charge in [0.05, 0.1) is 136 Å². The monoisotopic (exact) mass is 3860 g/mol. The summed E-state index contributed by atoms with van der Waals surface area (Å²) in [6.45, 7) is 45.8. The second-order valence-corrected chi connectivity index (χ2v) is 61.0. The molecule has 12 rings (SSSR count). The number of ether oxygens (including phenoxy) is 6. The third-order valence-corrected chi connectivity index (χ3v) is 47.0. The first-order valence-electron chi connectivity index (χ1n) is 42.8. The second kappa shape index (κ2) is 55.4. The minimum atomic E-state index is -0.490. The Hall–Kier alpha value is 5.04. The van der Waals surface area contributed by atoms with Crippen LogP contribution in [-0.2, 0) is 28.4 Å². The molecule has 6 aromatic carbocycles. The van der Waals surface area contributed by atoms with Gasteiger partial charge < -0.3 is 58.7 Å². The molecule has 18 nitrogen and oxygen atoms in total. The van der Waals surface area contributed by atoms with Crippen LogP contribution >= 0.6 is 407 Å². The third kappa shape index (κ3) is 39.3. The number of carbonyl (C=O) groups is 6. The van der Waals surface area contributed by atoms with Crippen LogP contribution in [0.4, 0.5) is 0 Å². The fraction of sp³-hybridized carbons (Fsp3) is 0.567. The highest BCUT2D eigenvalue weighted by atomic mass is 127. The largest absolute Gasteiger partial charge is 0.456 e. The highest BCUT2D eigenvalue weighted by Gasteiger charge is 2.53. The highest BCUT2D eigenvalue weighted by molar-refractivity contribution is 14.1. The normalized spacial score (nSPS) is 20.4. The average Bonchev–Trinajstić information content (AvgIpc) is 1.75. The number of esters is 6. The van der Waals surface area contributed by atoms with Crippen LogP contribution in [0.1, 0.15) is 254 Å². The predicted molar refractivity (Wildman–Crippen MR) is 691 cm³/mol. The maximum absolute atomic E-state index is 12.9. The number of carbonyl (C=O) groups excluding carboxylic acids is 6. The summed E-state index contributed by atoms with van der Waals surface area (Å²) in [6, 6.07) is 25.5. The number of likely N-dealkylation sites (tertiary alicyclic amines) is 2. The van der Waals surface area contributed by atoms with E-state index in [0.29, 0.717) is 81.1 Å². The van der Waals surface area contributed by atoms with Crippen molar-refractivity contribution in [3.8, 4) is 0 Å². The maximum atomic E-state index is 12.9. The minimum absolute atomic E-state index is 0. The molecule has 133 heavy (non-hydrogen) atoms. The lowest BCUT2D eigenvalue weighted by molar-refractivity contribution is -0.896. The van der Waals surface area contributed by atoms with Crippen molar-refractivity contribution in [1.82, 2.24) is 0 Å². The average molecular weight is 3860 g/mol. The van der Waals surface area contributed by atoms with Gasteiger partial charge in [-0.3, -0.25) is 0 Å². The van der Waals surface area contributed by atoms with Crippen LogP contribution in [0.25, 0.3) is 0 Å². The Labute approximate surface area is 1040 Å². The standard InChI is InChI=1S/C19H26I3NO2.C17H22I3NO2.C17H23I3NO2.C15H18I3NO2.2C13H14I3NO2.3CH4/c1-17(2)9-11(10-18(3,4)23-17)19(5,6)25-16(24)13-7-12(20)8-14(21)15(13)22;1-9-5-11(6-10(2)21-9)17(3,4)23-16(22)13-7-12(18)8-14(19)15(13)20;1-17(2,11-5-7-21(3,4)8-6-11)23-16(22)13-9-12(18)10-14(19)15(13)20;1-15(2,9-4-5-19(3)8-9)21-14(20)11-6-10(16)7-12(17)13(11)18;1-13(2,7-5-17-6-7)19-12(18)9-3-8(14)4-10(15)11(9)16;1-13(2,10-6-17(10)3)19-12(18)8-4-7(14)5-9(15)11(8)16;;;/h7-8,11,23H,9-10H2,1-6H3;7-11,21H,5-6H2,1-4H3;9-11H,5-8H2,1-4H3;6-7,9H,4-5,8H2,1-3H3;3-4,7,17H,5-6H2,1-2H3;4-5,10H,6H2,1-3H3;3*1H4/q;;+1;;;;;;/p+5. The van der Waals surface area contributed by atoms with Crippen LogP contribution in [0.2, 0.25) is 0 Å².